The quantitative estimate of drug-likeness (QED) is 0.940. The Morgan fingerprint density at radius 1 is 1.50 bits per heavy atom. The first-order valence-electron chi connectivity index (χ1n) is 7.57. The van der Waals surface area contributed by atoms with Gasteiger partial charge in [-0.1, -0.05) is 6.07 Å². The minimum atomic E-state index is -0.683. The van der Waals surface area contributed by atoms with Gasteiger partial charge in [-0.2, -0.15) is 0 Å². The molecular weight excluding hydrogens is 296 g/mol. The molecule has 1 aliphatic heterocycles. The summed E-state index contributed by atoms with van der Waals surface area (Å²) < 4.78 is 0. The molecule has 22 heavy (non-hydrogen) atoms. The number of carboxylic acid groups (broad SMARTS) is 1. The highest BCUT2D eigenvalue weighted by Crippen LogP contribution is 2.36. The van der Waals surface area contributed by atoms with E-state index in [0.717, 1.165) is 24.9 Å². The highest BCUT2D eigenvalue weighted by Gasteiger charge is 2.32. The Kier molecular flexibility index (Phi) is 4.55. The maximum atomic E-state index is 11.4. The van der Waals surface area contributed by atoms with Crippen molar-refractivity contribution in [3.8, 4) is 0 Å². The fraction of sp³-hybridized carbons (Fsp3) is 0.412. The third-order valence-electron chi connectivity index (χ3n) is 4.32. The molecule has 4 nitrogen and oxygen atoms in total. The summed E-state index contributed by atoms with van der Waals surface area (Å²) in [6.07, 6.45) is 5.37. The summed E-state index contributed by atoms with van der Waals surface area (Å²) >= 11 is 1.74. The van der Waals surface area contributed by atoms with Crippen LogP contribution in [0.2, 0.25) is 0 Å². The Hall–Kier alpha value is -1.72. The summed E-state index contributed by atoms with van der Waals surface area (Å²) in [7, 11) is 0. The van der Waals surface area contributed by atoms with Gasteiger partial charge in [0.1, 0.15) is 0 Å². The molecule has 0 aliphatic carbocycles. The third-order valence-corrected chi connectivity index (χ3v) is 5.39. The zero-order valence-electron chi connectivity index (χ0n) is 12.6. The number of carbonyl (C=O) groups is 1. The maximum absolute atomic E-state index is 11.4. The molecule has 1 saturated heterocycles. The van der Waals surface area contributed by atoms with Crippen molar-refractivity contribution in [3.05, 3.63) is 52.0 Å². The monoisotopic (exact) mass is 316 g/mol. The molecule has 0 saturated carbocycles. The summed E-state index contributed by atoms with van der Waals surface area (Å²) in [4.78, 5) is 19.2. The zero-order chi connectivity index (χ0) is 15.5. The van der Waals surface area contributed by atoms with Crippen LogP contribution in [0, 0.1) is 12.8 Å². The predicted octanol–water partition coefficient (Wildman–Crippen LogP) is 3.34. The molecule has 3 heterocycles. The van der Waals surface area contributed by atoms with Crippen LogP contribution in [0.3, 0.4) is 0 Å². The van der Waals surface area contributed by atoms with Crippen LogP contribution in [-0.4, -0.2) is 34.0 Å². The number of pyridine rings is 1. The van der Waals surface area contributed by atoms with E-state index in [4.69, 9.17) is 0 Å². The number of hydrogen-bond donors (Lipinski definition) is 1. The molecule has 2 aromatic heterocycles. The van der Waals surface area contributed by atoms with E-state index >= 15 is 0 Å². The van der Waals surface area contributed by atoms with Crippen molar-refractivity contribution >= 4 is 17.3 Å². The van der Waals surface area contributed by atoms with Gasteiger partial charge in [-0.05, 0) is 54.9 Å². The lowest BCUT2D eigenvalue weighted by Gasteiger charge is -2.37. The van der Waals surface area contributed by atoms with Gasteiger partial charge < -0.3 is 5.11 Å². The van der Waals surface area contributed by atoms with E-state index in [1.165, 1.54) is 10.4 Å². The number of aromatic nitrogens is 1. The Bertz CT molecular complexity index is 641. The van der Waals surface area contributed by atoms with Crippen LogP contribution >= 0.6 is 11.3 Å². The van der Waals surface area contributed by atoms with Crippen LogP contribution in [-0.2, 0) is 4.79 Å². The summed E-state index contributed by atoms with van der Waals surface area (Å²) in [5.74, 6) is -0.953. The molecule has 1 fully saturated rings. The molecule has 1 aliphatic rings. The van der Waals surface area contributed by atoms with Crippen LogP contribution < -0.4 is 0 Å². The molecule has 2 atom stereocenters. The van der Waals surface area contributed by atoms with Gasteiger partial charge in [0.15, 0.2) is 0 Å². The first-order valence-corrected chi connectivity index (χ1v) is 8.45. The van der Waals surface area contributed by atoms with Crippen molar-refractivity contribution in [2.75, 3.05) is 13.1 Å². The third kappa shape index (κ3) is 3.05. The standard InChI is InChI=1S/C17H20N2O2S/c1-12-6-9-22-16(12)15(13-4-2-7-18-10-13)19-8-3-5-14(11-19)17(20)21/h2,4,6-7,9-10,14-15H,3,5,8,11H2,1H3,(H,20,21). The summed E-state index contributed by atoms with van der Waals surface area (Å²) in [6, 6.07) is 6.27. The van der Waals surface area contributed by atoms with Crippen LogP contribution in [0.1, 0.15) is 34.9 Å². The van der Waals surface area contributed by atoms with Gasteiger partial charge in [0.2, 0.25) is 0 Å². The Balaban J connectivity index is 1.95. The number of carboxylic acids is 1. The second-order valence-electron chi connectivity index (χ2n) is 5.83. The molecule has 0 amide bonds. The fourth-order valence-corrected chi connectivity index (χ4v) is 4.26. The molecule has 2 unspecified atom stereocenters. The van der Waals surface area contributed by atoms with E-state index in [1.54, 1.807) is 17.5 Å². The largest absolute Gasteiger partial charge is 0.481 e. The number of likely N-dealkylation sites (tertiary alicyclic amines) is 1. The number of piperidine rings is 1. The van der Waals surface area contributed by atoms with E-state index in [9.17, 15) is 9.90 Å². The molecule has 0 aromatic carbocycles. The van der Waals surface area contributed by atoms with Gasteiger partial charge in [-0.3, -0.25) is 14.7 Å². The highest BCUT2D eigenvalue weighted by molar-refractivity contribution is 7.10. The van der Waals surface area contributed by atoms with Crippen LogP contribution in [0.25, 0.3) is 0 Å². The molecule has 5 heteroatoms. The number of aryl methyl sites for hydroxylation is 1. The molecule has 0 spiro atoms. The number of nitrogens with zero attached hydrogens (tertiary/aromatic N) is 2. The lowest BCUT2D eigenvalue weighted by molar-refractivity contribution is -0.143. The van der Waals surface area contributed by atoms with Gasteiger partial charge >= 0.3 is 5.97 Å². The van der Waals surface area contributed by atoms with Crippen molar-refractivity contribution in [1.29, 1.82) is 0 Å². The first kappa shape index (κ1) is 15.2. The van der Waals surface area contributed by atoms with E-state index in [-0.39, 0.29) is 12.0 Å². The Morgan fingerprint density at radius 3 is 3.00 bits per heavy atom. The van der Waals surface area contributed by atoms with Crippen molar-refractivity contribution in [3.63, 3.8) is 0 Å². The van der Waals surface area contributed by atoms with Gasteiger partial charge in [0.25, 0.3) is 0 Å². The number of rotatable bonds is 4. The van der Waals surface area contributed by atoms with E-state index in [0.29, 0.717) is 6.54 Å². The number of aliphatic carboxylic acids is 1. The number of hydrogen-bond acceptors (Lipinski definition) is 4. The van der Waals surface area contributed by atoms with Crippen molar-refractivity contribution in [2.24, 2.45) is 5.92 Å². The summed E-state index contributed by atoms with van der Waals surface area (Å²) in [5, 5.41) is 11.5. The minimum absolute atomic E-state index is 0.107. The van der Waals surface area contributed by atoms with Crippen LogP contribution in [0.5, 0.6) is 0 Å². The van der Waals surface area contributed by atoms with Gasteiger partial charge in [-0.25, -0.2) is 0 Å². The lowest BCUT2D eigenvalue weighted by atomic mass is 9.94. The molecule has 0 radical (unpaired) electrons. The van der Waals surface area contributed by atoms with Gasteiger partial charge in [-0.15, -0.1) is 11.3 Å². The maximum Gasteiger partial charge on any atom is 0.307 e. The Labute approximate surface area is 134 Å². The topological polar surface area (TPSA) is 53.4 Å². The van der Waals surface area contributed by atoms with E-state index < -0.39 is 5.97 Å². The minimum Gasteiger partial charge on any atom is -0.481 e. The van der Waals surface area contributed by atoms with Crippen molar-refractivity contribution in [2.45, 2.75) is 25.8 Å². The van der Waals surface area contributed by atoms with Crippen LogP contribution in [0.4, 0.5) is 0 Å². The van der Waals surface area contributed by atoms with Gasteiger partial charge in [0, 0.05) is 23.8 Å². The second kappa shape index (κ2) is 6.58. The number of thiophene rings is 1. The molecule has 0 bridgehead atoms. The lowest BCUT2D eigenvalue weighted by Crippen LogP contribution is -2.41. The van der Waals surface area contributed by atoms with Crippen molar-refractivity contribution in [1.82, 2.24) is 9.88 Å². The average Bonchev–Trinajstić information content (AvgIpc) is 2.95. The fourth-order valence-electron chi connectivity index (χ4n) is 3.17. The molecule has 116 valence electrons. The summed E-state index contributed by atoms with van der Waals surface area (Å²) in [6.45, 7) is 3.65. The SMILES string of the molecule is Cc1ccsc1C(c1cccnc1)N1CCCC(C(=O)O)C1. The normalized spacial score (nSPS) is 20.7. The Morgan fingerprint density at radius 2 is 2.36 bits per heavy atom. The zero-order valence-corrected chi connectivity index (χ0v) is 13.4. The molecule has 3 rings (SSSR count). The highest BCUT2D eigenvalue weighted by atomic mass is 32.1. The predicted molar refractivity (Wildman–Crippen MR) is 87.1 cm³/mol. The average molecular weight is 316 g/mol. The molecule has 1 N–H and O–H groups in total. The van der Waals surface area contributed by atoms with Crippen molar-refractivity contribution < 1.29 is 9.90 Å². The van der Waals surface area contributed by atoms with Crippen LogP contribution in [0.15, 0.2) is 36.0 Å². The summed E-state index contributed by atoms with van der Waals surface area (Å²) in [5.41, 5.74) is 2.40. The molecular formula is C17H20N2O2S. The van der Waals surface area contributed by atoms with E-state index in [2.05, 4.69) is 34.3 Å². The smallest absolute Gasteiger partial charge is 0.307 e. The second-order valence-corrected chi connectivity index (χ2v) is 6.78. The van der Waals surface area contributed by atoms with E-state index in [1.807, 2.05) is 12.3 Å². The van der Waals surface area contributed by atoms with Gasteiger partial charge in [0.05, 0.1) is 12.0 Å². The first-order chi connectivity index (χ1) is 10.7. The molecule has 2 aromatic rings.